The summed E-state index contributed by atoms with van der Waals surface area (Å²) in [6.07, 6.45) is 7.24. The second-order valence-corrected chi connectivity index (χ2v) is 4.59. The van der Waals surface area contributed by atoms with Gasteiger partial charge in [0.15, 0.2) is 0 Å². The molecule has 1 aliphatic carbocycles. The monoisotopic (exact) mass is 222 g/mol. The molecule has 16 heavy (non-hydrogen) atoms. The van der Waals surface area contributed by atoms with Crippen LogP contribution in [0.1, 0.15) is 31.4 Å². The van der Waals surface area contributed by atoms with Gasteiger partial charge in [-0.3, -0.25) is 4.90 Å². The van der Waals surface area contributed by atoms with Crippen molar-refractivity contribution in [2.24, 2.45) is 0 Å². The second-order valence-electron chi connectivity index (χ2n) is 4.59. The molecule has 1 saturated carbocycles. The molecule has 1 aromatic rings. The lowest BCUT2D eigenvalue weighted by atomic mass is 10.2. The molecule has 90 valence electrons. The molecular formula is C13H22N2O. The maximum absolute atomic E-state index is 5.44. The number of hydrogen-bond acceptors (Lipinski definition) is 3. The average Bonchev–Trinajstić information content (AvgIpc) is 2.96. The molecule has 0 amide bonds. The third-order valence-electron chi connectivity index (χ3n) is 3.43. The van der Waals surface area contributed by atoms with Gasteiger partial charge in [0.1, 0.15) is 5.76 Å². The van der Waals surface area contributed by atoms with Gasteiger partial charge in [0, 0.05) is 19.1 Å². The molecular weight excluding hydrogens is 200 g/mol. The molecule has 0 atom stereocenters. The Morgan fingerprint density at radius 2 is 2.25 bits per heavy atom. The molecule has 0 radical (unpaired) electrons. The highest BCUT2D eigenvalue weighted by Crippen LogP contribution is 2.24. The normalized spacial score (nSPS) is 17.4. The largest absolute Gasteiger partial charge is 0.468 e. The first-order chi connectivity index (χ1) is 7.90. The highest BCUT2D eigenvalue weighted by molar-refractivity contribution is 4.98. The lowest BCUT2D eigenvalue weighted by Gasteiger charge is -2.27. The lowest BCUT2D eigenvalue weighted by Crippen LogP contribution is -2.37. The fourth-order valence-electron chi connectivity index (χ4n) is 2.52. The van der Waals surface area contributed by atoms with E-state index in [9.17, 15) is 0 Å². The summed E-state index contributed by atoms with van der Waals surface area (Å²) in [6.45, 7) is 3.12. The van der Waals surface area contributed by atoms with Gasteiger partial charge in [-0.25, -0.2) is 0 Å². The van der Waals surface area contributed by atoms with Crippen molar-refractivity contribution >= 4 is 0 Å². The number of nitrogens with one attached hydrogen (secondary N) is 1. The summed E-state index contributed by atoms with van der Waals surface area (Å²) in [6, 6.07) is 4.81. The zero-order valence-corrected chi connectivity index (χ0v) is 10.1. The van der Waals surface area contributed by atoms with Gasteiger partial charge in [-0.1, -0.05) is 12.8 Å². The van der Waals surface area contributed by atoms with Crippen LogP contribution in [0.3, 0.4) is 0 Å². The number of hydrogen-bond donors (Lipinski definition) is 1. The quantitative estimate of drug-likeness (QED) is 0.800. The van der Waals surface area contributed by atoms with Gasteiger partial charge in [0.2, 0.25) is 0 Å². The SMILES string of the molecule is CNCCN(Cc1ccco1)C1CCCC1. The van der Waals surface area contributed by atoms with E-state index in [1.807, 2.05) is 13.1 Å². The van der Waals surface area contributed by atoms with Crippen LogP contribution in [0.25, 0.3) is 0 Å². The van der Waals surface area contributed by atoms with Crippen molar-refractivity contribution in [1.82, 2.24) is 10.2 Å². The molecule has 0 aliphatic heterocycles. The first kappa shape index (κ1) is 11.7. The minimum Gasteiger partial charge on any atom is -0.468 e. The van der Waals surface area contributed by atoms with Crippen molar-refractivity contribution in [2.45, 2.75) is 38.3 Å². The van der Waals surface area contributed by atoms with Gasteiger partial charge < -0.3 is 9.73 Å². The Hall–Kier alpha value is -0.800. The fraction of sp³-hybridized carbons (Fsp3) is 0.692. The van der Waals surface area contributed by atoms with Crippen molar-refractivity contribution in [3.63, 3.8) is 0 Å². The Bertz CT molecular complexity index is 278. The van der Waals surface area contributed by atoms with Gasteiger partial charge >= 0.3 is 0 Å². The number of likely N-dealkylation sites (N-methyl/N-ethyl adjacent to an activating group) is 1. The zero-order chi connectivity index (χ0) is 11.2. The molecule has 2 rings (SSSR count). The average molecular weight is 222 g/mol. The number of rotatable bonds is 6. The minimum atomic E-state index is 0.762. The molecule has 1 N–H and O–H groups in total. The van der Waals surface area contributed by atoms with E-state index in [0.29, 0.717) is 0 Å². The van der Waals surface area contributed by atoms with Crippen LogP contribution in [-0.2, 0) is 6.54 Å². The van der Waals surface area contributed by atoms with E-state index < -0.39 is 0 Å². The molecule has 0 spiro atoms. The van der Waals surface area contributed by atoms with Gasteiger partial charge in [-0.2, -0.15) is 0 Å². The minimum absolute atomic E-state index is 0.762. The number of furan rings is 1. The van der Waals surface area contributed by atoms with E-state index >= 15 is 0 Å². The van der Waals surface area contributed by atoms with E-state index in [-0.39, 0.29) is 0 Å². The molecule has 1 heterocycles. The van der Waals surface area contributed by atoms with Gasteiger partial charge in [0.25, 0.3) is 0 Å². The van der Waals surface area contributed by atoms with Crippen LogP contribution in [0.15, 0.2) is 22.8 Å². The van der Waals surface area contributed by atoms with Crippen LogP contribution >= 0.6 is 0 Å². The van der Waals surface area contributed by atoms with Gasteiger partial charge in [-0.15, -0.1) is 0 Å². The Balaban J connectivity index is 1.90. The Kier molecular flexibility index (Phi) is 4.43. The molecule has 1 fully saturated rings. The maximum Gasteiger partial charge on any atom is 0.117 e. The van der Waals surface area contributed by atoms with E-state index in [1.165, 1.54) is 25.7 Å². The van der Waals surface area contributed by atoms with E-state index in [0.717, 1.165) is 31.4 Å². The van der Waals surface area contributed by atoms with Crippen LogP contribution < -0.4 is 5.32 Å². The van der Waals surface area contributed by atoms with Crippen molar-refractivity contribution in [3.8, 4) is 0 Å². The van der Waals surface area contributed by atoms with Crippen LogP contribution in [-0.4, -0.2) is 31.1 Å². The predicted molar refractivity (Wildman–Crippen MR) is 65.3 cm³/mol. The number of nitrogens with zero attached hydrogens (tertiary/aromatic N) is 1. The molecule has 0 unspecified atom stereocenters. The molecule has 0 aromatic carbocycles. The van der Waals surface area contributed by atoms with Crippen LogP contribution in [0, 0.1) is 0 Å². The molecule has 0 saturated heterocycles. The third kappa shape index (κ3) is 3.09. The van der Waals surface area contributed by atoms with Crippen molar-refractivity contribution in [3.05, 3.63) is 24.2 Å². The molecule has 0 bridgehead atoms. The van der Waals surface area contributed by atoms with Crippen LogP contribution in [0.2, 0.25) is 0 Å². The first-order valence-corrected chi connectivity index (χ1v) is 6.31. The van der Waals surface area contributed by atoms with Crippen molar-refractivity contribution < 1.29 is 4.42 Å². The van der Waals surface area contributed by atoms with E-state index in [4.69, 9.17) is 4.42 Å². The summed E-state index contributed by atoms with van der Waals surface area (Å²) in [5, 5.41) is 3.23. The Morgan fingerprint density at radius 1 is 1.44 bits per heavy atom. The lowest BCUT2D eigenvalue weighted by molar-refractivity contribution is 0.177. The maximum atomic E-state index is 5.44. The summed E-state index contributed by atoms with van der Waals surface area (Å²) in [7, 11) is 2.01. The highest BCUT2D eigenvalue weighted by Gasteiger charge is 2.22. The molecule has 1 aromatic heterocycles. The van der Waals surface area contributed by atoms with Gasteiger partial charge in [-0.05, 0) is 32.0 Å². The Labute approximate surface area is 97.8 Å². The van der Waals surface area contributed by atoms with Crippen LogP contribution in [0.4, 0.5) is 0 Å². The summed E-state index contributed by atoms with van der Waals surface area (Å²) >= 11 is 0. The van der Waals surface area contributed by atoms with Crippen molar-refractivity contribution in [1.29, 1.82) is 0 Å². The van der Waals surface area contributed by atoms with E-state index in [1.54, 1.807) is 6.26 Å². The molecule has 1 aliphatic rings. The highest BCUT2D eigenvalue weighted by atomic mass is 16.3. The van der Waals surface area contributed by atoms with Crippen molar-refractivity contribution in [2.75, 3.05) is 20.1 Å². The topological polar surface area (TPSA) is 28.4 Å². The third-order valence-corrected chi connectivity index (χ3v) is 3.43. The predicted octanol–water partition coefficient (Wildman–Crippen LogP) is 2.24. The molecule has 3 heteroatoms. The summed E-state index contributed by atoms with van der Waals surface area (Å²) in [5.41, 5.74) is 0. The summed E-state index contributed by atoms with van der Waals surface area (Å²) < 4.78 is 5.44. The van der Waals surface area contributed by atoms with Crippen LogP contribution in [0.5, 0.6) is 0 Å². The molecule has 3 nitrogen and oxygen atoms in total. The summed E-state index contributed by atoms with van der Waals surface area (Å²) in [4.78, 5) is 2.56. The van der Waals surface area contributed by atoms with E-state index in [2.05, 4.69) is 16.3 Å². The standard InChI is InChI=1S/C13H22N2O/c1-14-8-9-15(12-5-2-3-6-12)11-13-7-4-10-16-13/h4,7,10,12,14H,2-3,5-6,8-9,11H2,1H3. The fourth-order valence-corrected chi connectivity index (χ4v) is 2.52. The van der Waals surface area contributed by atoms with Gasteiger partial charge in [0.05, 0.1) is 12.8 Å². The smallest absolute Gasteiger partial charge is 0.117 e. The second kappa shape index (κ2) is 6.06. The Morgan fingerprint density at radius 3 is 2.88 bits per heavy atom. The summed E-state index contributed by atoms with van der Waals surface area (Å²) in [5.74, 6) is 1.09. The first-order valence-electron chi connectivity index (χ1n) is 6.31. The zero-order valence-electron chi connectivity index (χ0n) is 10.1.